The largest absolute Gasteiger partial charge is 0.396 e. The maximum absolute atomic E-state index is 10.1. The van der Waals surface area contributed by atoms with Gasteiger partial charge in [0, 0.05) is 28.8 Å². The normalized spacial score (nSPS) is 39.2. The van der Waals surface area contributed by atoms with E-state index >= 15 is 0 Å². The van der Waals surface area contributed by atoms with Gasteiger partial charge in [-0.1, -0.05) is 48.5 Å². The van der Waals surface area contributed by atoms with E-state index in [9.17, 15) is 5.11 Å². The molecule has 3 unspecified atom stereocenters. The van der Waals surface area contributed by atoms with E-state index in [2.05, 4.69) is 67.6 Å². The Morgan fingerprint density at radius 2 is 1.45 bits per heavy atom. The summed E-state index contributed by atoms with van der Waals surface area (Å²) in [5.74, 6) is 1.65. The topological polar surface area (TPSA) is 50.7 Å². The van der Waals surface area contributed by atoms with Crippen LogP contribution < -0.4 is 5.32 Å². The summed E-state index contributed by atoms with van der Waals surface area (Å²) in [5.41, 5.74) is -0.319. The molecule has 3 atom stereocenters. The number of ether oxygens (including phenoxy) is 2. The quantitative estimate of drug-likeness (QED) is 0.428. The summed E-state index contributed by atoms with van der Waals surface area (Å²) in [7, 11) is 0. The lowest BCUT2D eigenvalue weighted by atomic mass is 9.63. The van der Waals surface area contributed by atoms with Gasteiger partial charge in [0.15, 0.2) is 5.79 Å². The van der Waals surface area contributed by atoms with Crippen molar-refractivity contribution < 1.29 is 14.6 Å². The van der Waals surface area contributed by atoms with E-state index < -0.39 is 5.79 Å². The first-order valence-electron chi connectivity index (χ1n) is 13.0. The van der Waals surface area contributed by atoms with E-state index in [-0.39, 0.29) is 23.1 Å². The van der Waals surface area contributed by atoms with Crippen LogP contribution in [-0.4, -0.2) is 41.8 Å². The Kier molecular flexibility index (Phi) is 9.09. The third-order valence-electron chi connectivity index (χ3n) is 8.08. The Labute approximate surface area is 193 Å². The van der Waals surface area contributed by atoms with Crippen LogP contribution in [0.3, 0.4) is 0 Å². The molecule has 2 fully saturated rings. The summed E-state index contributed by atoms with van der Waals surface area (Å²) < 4.78 is 13.6. The van der Waals surface area contributed by atoms with Crippen molar-refractivity contribution in [2.45, 2.75) is 124 Å². The highest BCUT2D eigenvalue weighted by Gasteiger charge is 2.61. The monoisotopic (exact) mass is 439 g/mol. The molecule has 31 heavy (non-hydrogen) atoms. The minimum Gasteiger partial charge on any atom is -0.396 e. The van der Waals surface area contributed by atoms with E-state index in [0.29, 0.717) is 36.9 Å². The average Bonchev–Trinajstić information content (AvgIpc) is 2.69. The molecule has 1 spiro atoms. The fourth-order valence-electron chi connectivity index (χ4n) is 5.81. The highest BCUT2D eigenvalue weighted by molar-refractivity contribution is 5.11. The maximum Gasteiger partial charge on any atom is 0.174 e. The second-order valence-corrected chi connectivity index (χ2v) is 12.7. The molecule has 2 rings (SSSR count). The second-order valence-electron chi connectivity index (χ2n) is 12.7. The van der Waals surface area contributed by atoms with Crippen molar-refractivity contribution >= 4 is 0 Å². The predicted molar refractivity (Wildman–Crippen MR) is 130 cm³/mol. The molecule has 0 aromatic carbocycles. The highest BCUT2D eigenvalue weighted by Crippen LogP contribution is 2.52. The third kappa shape index (κ3) is 6.46. The van der Waals surface area contributed by atoms with E-state index in [4.69, 9.17) is 9.47 Å². The molecule has 0 amide bonds. The lowest BCUT2D eigenvalue weighted by molar-refractivity contribution is -0.360. The lowest BCUT2D eigenvalue weighted by Crippen LogP contribution is -2.74. The van der Waals surface area contributed by atoms with Gasteiger partial charge in [-0.15, -0.1) is 0 Å². The highest BCUT2D eigenvalue weighted by atomic mass is 16.7. The zero-order valence-corrected chi connectivity index (χ0v) is 22.1. The van der Waals surface area contributed by atoms with E-state index in [1.54, 1.807) is 0 Å². The zero-order valence-electron chi connectivity index (χ0n) is 22.1. The van der Waals surface area contributed by atoms with Crippen molar-refractivity contribution in [2.75, 3.05) is 19.8 Å². The van der Waals surface area contributed by atoms with E-state index in [1.165, 1.54) is 12.8 Å². The summed E-state index contributed by atoms with van der Waals surface area (Å²) in [6.45, 7) is 22.2. The van der Waals surface area contributed by atoms with Gasteiger partial charge >= 0.3 is 0 Å². The van der Waals surface area contributed by atoms with Crippen LogP contribution >= 0.6 is 0 Å². The molecule has 2 saturated heterocycles. The molecule has 184 valence electrons. The van der Waals surface area contributed by atoms with Crippen LogP contribution in [0.4, 0.5) is 0 Å². The molecule has 2 aliphatic rings. The Morgan fingerprint density at radius 1 is 0.903 bits per heavy atom. The molecule has 2 heterocycles. The van der Waals surface area contributed by atoms with Gasteiger partial charge in [0.2, 0.25) is 0 Å². The number of nitrogens with one attached hydrogen (secondary N) is 1. The first-order chi connectivity index (χ1) is 14.3. The van der Waals surface area contributed by atoms with Crippen molar-refractivity contribution in [1.82, 2.24) is 5.32 Å². The van der Waals surface area contributed by atoms with Crippen LogP contribution in [0.2, 0.25) is 0 Å². The first kappa shape index (κ1) is 27.1. The smallest absolute Gasteiger partial charge is 0.174 e. The summed E-state index contributed by atoms with van der Waals surface area (Å²) in [5, 5.41) is 14.2. The molecule has 4 heteroatoms. The van der Waals surface area contributed by atoms with Gasteiger partial charge in [-0.25, -0.2) is 0 Å². The fraction of sp³-hybridized carbons (Fsp3) is 1.00. The number of aliphatic hydroxyl groups excluding tert-OH is 1. The van der Waals surface area contributed by atoms with Crippen molar-refractivity contribution in [3.05, 3.63) is 0 Å². The number of rotatable bonds is 10. The van der Waals surface area contributed by atoms with Crippen molar-refractivity contribution in [2.24, 2.45) is 29.1 Å². The van der Waals surface area contributed by atoms with Gasteiger partial charge in [0.05, 0.1) is 19.8 Å². The Bertz CT molecular complexity index is 547. The van der Waals surface area contributed by atoms with Gasteiger partial charge in [-0.05, 0) is 70.1 Å². The predicted octanol–water partition coefficient (Wildman–Crippen LogP) is 6.16. The minimum absolute atomic E-state index is 0.0189. The summed E-state index contributed by atoms with van der Waals surface area (Å²) >= 11 is 0. The molecular formula is C27H53NO3. The van der Waals surface area contributed by atoms with Crippen LogP contribution in [0.25, 0.3) is 0 Å². The van der Waals surface area contributed by atoms with Gasteiger partial charge in [0.25, 0.3) is 0 Å². The molecule has 0 aromatic heterocycles. The van der Waals surface area contributed by atoms with Crippen molar-refractivity contribution in [3.8, 4) is 0 Å². The maximum atomic E-state index is 10.1. The van der Waals surface area contributed by atoms with Gasteiger partial charge in [-0.2, -0.15) is 0 Å². The molecule has 2 N–H and O–H groups in total. The minimum atomic E-state index is -0.569. The zero-order chi connectivity index (χ0) is 23.5. The van der Waals surface area contributed by atoms with Crippen molar-refractivity contribution in [1.29, 1.82) is 0 Å². The van der Waals surface area contributed by atoms with Crippen LogP contribution in [-0.2, 0) is 9.47 Å². The molecule has 4 nitrogen and oxygen atoms in total. The van der Waals surface area contributed by atoms with Crippen molar-refractivity contribution in [3.63, 3.8) is 0 Å². The molecule has 0 bridgehead atoms. The average molecular weight is 440 g/mol. The van der Waals surface area contributed by atoms with Gasteiger partial charge < -0.3 is 19.9 Å². The first-order valence-corrected chi connectivity index (χ1v) is 13.0. The van der Waals surface area contributed by atoms with Crippen LogP contribution in [0.5, 0.6) is 0 Å². The standard InChI is InChI=1S/C27H53NO3/c1-10-26(17-29)18-30-27(31-19-26)16-24(8,13-11-20(2)3)28-25(9,14-12-21(4)5)23(27)15-22(6)7/h20-23,28-29H,10-19H2,1-9H3. The lowest BCUT2D eigenvalue weighted by Gasteiger charge is -2.62. The SMILES string of the molecule is CCC1(CO)COC2(CC(C)(CCC(C)C)NC(C)(CCC(C)C)C2CC(C)C)OC1. The van der Waals surface area contributed by atoms with E-state index in [1.807, 2.05) is 0 Å². The Hall–Kier alpha value is -0.160. The van der Waals surface area contributed by atoms with Crippen LogP contribution in [0.1, 0.15) is 107 Å². The number of hydrogen-bond donors (Lipinski definition) is 2. The molecule has 0 aliphatic carbocycles. The fourth-order valence-corrected chi connectivity index (χ4v) is 5.81. The van der Waals surface area contributed by atoms with Crippen LogP contribution in [0, 0.1) is 29.1 Å². The Morgan fingerprint density at radius 3 is 1.90 bits per heavy atom. The molecule has 0 radical (unpaired) electrons. The summed E-state index contributed by atoms with van der Waals surface area (Å²) in [6.07, 6.45) is 7.50. The number of aliphatic hydroxyl groups is 1. The number of piperidine rings is 1. The van der Waals surface area contributed by atoms with Gasteiger partial charge in [-0.3, -0.25) is 0 Å². The molecule has 0 saturated carbocycles. The van der Waals surface area contributed by atoms with E-state index in [0.717, 1.165) is 32.1 Å². The molecule has 2 aliphatic heterocycles. The Balaban J connectivity index is 2.44. The van der Waals surface area contributed by atoms with Crippen LogP contribution in [0.15, 0.2) is 0 Å². The molecule has 0 aromatic rings. The second kappa shape index (κ2) is 10.4. The number of hydrogen-bond acceptors (Lipinski definition) is 4. The summed E-state index contributed by atoms with van der Waals surface area (Å²) in [4.78, 5) is 0. The third-order valence-corrected chi connectivity index (χ3v) is 8.08. The summed E-state index contributed by atoms with van der Waals surface area (Å²) in [6, 6.07) is 0. The molecular weight excluding hydrogens is 386 g/mol. The van der Waals surface area contributed by atoms with Gasteiger partial charge in [0.1, 0.15) is 0 Å².